The first-order chi connectivity index (χ1) is 12.1. The number of nitrogens with zero attached hydrogens (tertiary/aromatic N) is 2. The number of nitrogens with one attached hydrogen (secondary N) is 1. The number of pyridine rings is 1. The van der Waals surface area contributed by atoms with Crippen molar-refractivity contribution >= 4 is 34.4 Å². The number of esters is 1. The second-order valence-electron chi connectivity index (χ2n) is 5.92. The second kappa shape index (κ2) is 7.29. The van der Waals surface area contributed by atoms with Crippen LogP contribution in [-0.2, 0) is 19.1 Å². The van der Waals surface area contributed by atoms with E-state index in [9.17, 15) is 14.4 Å². The molecule has 1 aliphatic heterocycles. The second-order valence-corrected chi connectivity index (χ2v) is 5.92. The Balaban J connectivity index is 1.65. The fraction of sp³-hybridized carbons (Fsp3) is 0.333. The van der Waals surface area contributed by atoms with Crippen molar-refractivity contribution in [2.24, 2.45) is 5.92 Å². The summed E-state index contributed by atoms with van der Waals surface area (Å²) in [5.74, 6) is -1.75. The largest absolute Gasteiger partial charge is 0.469 e. The normalized spacial score (nSPS) is 15.0. The average Bonchev–Trinajstić information content (AvgIpc) is 2.67. The number of aromatic nitrogens is 1. The van der Waals surface area contributed by atoms with E-state index in [-0.39, 0.29) is 11.9 Å². The van der Waals surface area contributed by atoms with Crippen LogP contribution in [0.15, 0.2) is 36.5 Å². The lowest BCUT2D eigenvalue weighted by Gasteiger charge is -2.30. The molecule has 1 aromatic carbocycles. The molecule has 1 N–H and O–H groups in total. The maximum Gasteiger partial charge on any atom is 0.313 e. The number of hydrogen-bond acceptors (Lipinski definition) is 5. The van der Waals surface area contributed by atoms with Crippen molar-refractivity contribution in [2.75, 3.05) is 25.5 Å². The predicted molar refractivity (Wildman–Crippen MR) is 91.7 cm³/mol. The Hall–Kier alpha value is -2.96. The van der Waals surface area contributed by atoms with Gasteiger partial charge in [0.15, 0.2) is 0 Å². The highest BCUT2D eigenvalue weighted by molar-refractivity contribution is 6.40. The molecule has 2 amide bonds. The van der Waals surface area contributed by atoms with Crippen molar-refractivity contribution in [1.29, 1.82) is 0 Å². The molecule has 1 saturated heterocycles. The van der Waals surface area contributed by atoms with Crippen LogP contribution in [0.4, 0.5) is 5.69 Å². The number of carbonyl (C=O) groups excluding carboxylic acids is 3. The molecule has 0 radical (unpaired) electrons. The molecule has 1 fully saturated rings. The zero-order valence-electron chi connectivity index (χ0n) is 13.9. The van der Waals surface area contributed by atoms with Gasteiger partial charge in [-0.1, -0.05) is 6.07 Å². The molecule has 3 rings (SSSR count). The van der Waals surface area contributed by atoms with Gasteiger partial charge in [0.1, 0.15) is 0 Å². The van der Waals surface area contributed by atoms with Crippen LogP contribution in [0.25, 0.3) is 10.9 Å². The van der Waals surface area contributed by atoms with Crippen LogP contribution >= 0.6 is 0 Å². The van der Waals surface area contributed by atoms with Gasteiger partial charge in [0, 0.05) is 24.7 Å². The molecule has 0 saturated carbocycles. The SMILES string of the molecule is COC(=O)C1CCN(C(=O)C(=O)Nc2cccc3ncccc23)CC1. The van der Waals surface area contributed by atoms with Crippen molar-refractivity contribution in [3.63, 3.8) is 0 Å². The van der Waals surface area contributed by atoms with Gasteiger partial charge in [0.25, 0.3) is 0 Å². The monoisotopic (exact) mass is 341 g/mol. The Labute approximate surface area is 145 Å². The van der Waals surface area contributed by atoms with Gasteiger partial charge in [-0.2, -0.15) is 0 Å². The van der Waals surface area contributed by atoms with Crippen molar-refractivity contribution in [2.45, 2.75) is 12.8 Å². The molecule has 0 aliphatic carbocycles. The number of hydrogen-bond donors (Lipinski definition) is 1. The molecule has 7 nitrogen and oxygen atoms in total. The molecule has 0 atom stereocenters. The molecular weight excluding hydrogens is 322 g/mol. The summed E-state index contributed by atoms with van der Waals surface area (Å²) >= 11 is 0. The third-order valence-electron chi connectivity index (χ3n) is 4.40. The number of methoxy groups -OCH3 is 1. The highest BCUT2D eigenvalue weighted by Crippen LogP contribution is 2.22. The van der Waals surface area contributed by atoms with Gasteiger partial charge in [-0.05, 0) is 37.1 Å². The number of rotatable bonds is 2. The first kappa shape index (κ1) is 16.9. The van der Waals surface area contributed by atoms with E-state index in [0.717, 1.165) is 10.9 Å². The van der Waals surface area contributed by atoms with Crippen LogP contribution in [0.1, 0.15) is 12.8 Å². The van der Waals surface area contributed by atoms with E-state index in [1.54, 1.807) is 24.4 Å². The number of likely N-dealkylation sites (tertiary alicyclic amines) is 1. The predicted octanol–water partition coefficient (Wildman–Crippen LogP) is 1.58. The number of fused-ring (bicyclic) bond motifs is 1. The zero-order chi connectivity index (χ0) is 17.8. The van der Waals surface area contributed by atoms with Crippen molar-refractivity contribution < 1.29 is 19.1 Å². The molecule has 0 bridgehead atoms. The van der Waals surface area contributed by atoms with Gasteiger partial charge >= 0.3 is 17.8 Å². The lowest BCUT2D eigenvalue weighted by Crippen LogP contribution is -2.45. The van der Waals surface area contributed by atoms with Crippen LogP contribution in [0, 0.1) is 5.92 Å². The maximum atomic E-state index is 12.4. The third kappa shape index (κ3) is 3.60. The van der Waals surface area contributed by atoms with E-state index in [1.807, 2.05) is 12.1 Å². The Morgan fingerprint density at radius 3 is 2.64 bits per heavy atom. The molecule has 2 aromatic rings. The third-order valence-corrected chi connectivity index (χ3v) is 4.40. The van der Waals surface area contributed by atoms with Crippen LogP contribution in [0.5, 0.6) is 0 Å². The lowest BCUT2D eigenvalue weighted by molar-refractivity contribution is -0.150. The molecule has 25 heavy (non-hydrogen) atoms. The minimum atomic E-state index is -0.687. The Kier molecular flexibility index (Phi) is 4.92. The first-order valence-corrected chi connectivity index (χ1v) is 8.12. The molecule has 1 aliphatic rings. The van der Waals surface area contributed by atoms with Crippen molar-refractivity contribution in [3.8, 4) is 0 Å². The first-order valence-electron chi connectivity index (χ1n) is 8.12. The Morgan fingerprint density at radius 1 is 1.16 bits per heavy atom. The quantitative estimate of drug-likeness (QED) is 0.662. The van der Waals surface area contributed by atoms with E-state index in [1.165, 1.54) is 12.0 Å². The van der Waals surface area contributed by atoms with E-state index >= 15 is 0 Å². The number of carbonyl (C=O) groups is 3. The van der Waals surface area contributed by atoms with Crippen LogP contribution < -0.4 is 5.32 Å². The van der Waals surface area contributed by atoms with Crippen LogP contribution in [0.3, 0.4) is 0 Å². The molecule has 0 unspecified atom stereocenters. The van der Waals surface area contributed by atoms with Crippen molar-refractivity contribution in [3.05, 3.63) is 36.5 Å². The number of ether oxygens (including phenoxy) is 1. The van der Waals surface area contributed by atoms with E-state index < -0.39 is 11.8 Å². The van der Waals surface area contributed by atoms with E-state index in [4.69, 9.17) is 4.74 Å². The molecule has 7 heteroatoms. The van der Waals surface area contributed by atoms with Gasteiger partial charge < -0.3 is 15.0 Å². The number of amides is 2. The number of piperidine rings is 1. The molecule has 2 heterocycles. The molecule has 0 spiro atoms. The van der Waals surface area contributed by atoms with Gasteiger partial charge in [0.05, 0.1) is 24.2 Å². The van der Waals surface area contributed by atoms with E-state index in [0.29, 0.717) is 31.6 Å². The summed E-state index contributed by atoms with van der Waals surface area (Å²) < 4.78 is 4.73. The van der Waals surface area contributed by atoms with Crippen LogP contribution in [0.2, 0.25) is 0 Å². The van der Waals surface area contributed by atoms with Crippen LogP contribution in [-0.4, -0.2) is 47.9 Å². The average molecular weight is 341 g/mol. The summed E-state index contributed by atoms with van der Waals surface area (Å²) in [5.41, 5.74) is 1.29. The minimum Gasteiger partial charge on any atom is -0.469 e. The zero-order valence-corrected chi connectivity index (χ0v) is 13.9. The number of anilines is 1. The van der Waals surface area contributed by atoms with Crippen molar-refractivity contribution in [1.82, 2.24) is 9.88 Å². The fourth-order valence-corrected chi connectivity index (χ4v) is 3.02. The standard InChI is InChI=1S/C18H19N3O4/c1-25-18(24)12-7-10-21(11-8-12)17(23)16(22)20-15-6-2-5-14-13(15)4-3-9-19-14/h2-6,9,12H,7-8,10-11H2,1H3,(H,20,22). The summed E-state index contributed by atoms with van der Waals surface area (Å²) in [4.78, 5) is 41.9. The van der Waals surface area contributed by atoms with E-state index in [2.05, 4.69) is 10.3 Å². The summed E-state index contributed by atoms with van der Waals surface area (Å²) in [6, 6.07) is 8.96. The highest BCUT2D eigenvalue weighted by Gasteiger charge is 2.30. The van der Waals surface area contributed by atoms with Gasteiger partial charge in [0.2, 0.25) is 0 Å². The van der Waals surface area contributed by atoms with Gasteiger partial charge in [-0.15, -0.1) is 0 Å². The van der Waals surface area contributed by atoms with Gasteiger partial charge in [-0.3, -0.25) is 19.4 Å². The van der Waals surface area contributed by atoms with Gasteiger partial charge in [-0.25, -0.2) is 0 Å². The Bertz CT molecular complexity index is 808. The number of benzene rings is 1. The highest BCUT2D eigenvalue weighted by atomic mass is 16.5. The summed E-state index contributed by atoms with van der Waals surface area (Å²) in [6.07, 6.45) is 2.68. The fourth-order valence-electron chi connectivity index (χ4n) is 3.02. The summed E-state index contributed by atoms with van der Waals surface area (Å²) in [6.45, 7) is 0.728. The maximum absolute atomic E-state index is 12.4. The molecular formula is C18H19N3O4. The molecule has 1 aromatic heterocycles. The Morgan fingerprint density at radius 2 is 1.92 bits per heavy atom. The summed E-state index contributed by atoms with van der Waals surface area (Å²) in [5, 5.41) is 3.44. The summed E-state index contributed by atoms with van der Waals surface area (Å²) in [7, 11) is 1.35. The molecule has 130 valence electrons. The smallest absolute Gasteiger partial charge is 0.313 e. The minimum absolute atomic E-state index is 0.207. The lowest BCUT2D eigenvalue weighted by atomic mass is 9.97. The topological polar surface area (TPSA) is 88.6 Å².